The third kappa shape index (κ3) is 2.64. The molecule has 17 heavy (non-hydrogen) atoms. The van der Waals surface area contributed by atoms with Crippen molar-refractivity contribution in [3.63, 3.8) is 0 Å². The van der Waals surface area contributed by atoms with Gasteiger partial charge in [-0.2, -0.15) is 12.6 Å². The quantitative estimate of drug-likeness (QED) is 0.849. The number of benzene rings is 1. The molecule has 90 valence electrons. The number of hydrogen-bond acceptors (Lipinski definition) is 4. The molecule has 0 unspecified atom stereocenters. The van der Waals surface area contributed by atoms with E-state index in [4.69, 9.17) is 4.74 Å². The van der Waals surface area contributed by atoms with Gasteiger partial charge >= 0.3 is 0 Å². The highest BCUT2D eigenvalue weighted by Gasteiger charge is 2.10. The number of aryl methyl sites for hydroxylation is 1. The van der Waals surface area contributed by atoms with E-state index in [1.807, 2.05) is 6.07 Å². The highest BCUT2D eigenvalue weighted by atomic mass is 32.1. The lowest BCUT2D eigenvalue weighted by Gasteiger charge is -2.08. The van der Waals surface area contributed by atoms with E-state index in [0.717, 1.165) is 28.4 Å². The monoisotopic (exact) mass is 265 g/mol. The summed E-state index contributed by atoms with van der Waals surface area (Å²) < 4.78 is 5.39. The standard InChI is InChI=1S/C13H15NOS2/c1-3-9-4-5-12(15-2)10(6-9)11-8-17-13(7-16)14-11/h4-6,8,16H,3,7H2,1-2H3. The molecule has 1 aromatic carbocycles. The summed E-state index contributed by atoms with van der Waals surface area (Å²) in [7, 11) is 1.69. The molecule has 4 heteroatoms. The SMILES string of the molecule is CCc1ccc(OC)c(-c2csc(CS)n2)c1. The van der Waals surface area contributed by atoms with Crippen molar-refractivity contribution in [2.24, 2.45) is 0 Å². The van der Waals surface area contributed by atoms with Gasteiger partial charge in [0.15, 0.2) is 0 Å². The Morgan fingerprint density at radius 1 is 1.41 bits per heavy atom. The largest absolute Gasteiger partial charge is 0.496 e. The molecule has 0 N–H and O–H groups in total. The lowest BCUT2D eigenvalue weighted by atomic mass is 10.1. The van der Waals surface area contributed by atoms with Crippen LogP contribution < -0.4 is 4.74 Å². The van der Waals surface area contributed by atoms with Gasteiger partial charge in [0.25, 0.3) is 0 Å². The molecule has 2 aromatic rings. The molecule has 0 radical (unpaired) electrons. The second kappa shape index (κ2) is 5.56. The van der Waals surface area contributed by atoms with Crippen LogP contribution in [0.15, 0.2) is 23.6 Å². The summed E-state index contributed by atoms with van der Waals surface area (Å²) in [5.74, 6) is 1.55. The molecule has 0 spiro atoms. The van der Waals surface area contributed by atoms with Crippen LogP contribution >= 0.6 is 24.0 Å². The fourth-order valence-electron chi connectivity index (χ4n) is 1.68. The molecule has 0 fully saturated rings. The van der Waals surface area contributed by atoms with Gasteiger partial charge in [-0.25, -0.2) is 4.98 Å². The van der Waals surface area contributed by atoms with E-state index in [0.29, 0.717) is 5.75 Å². The minimum atomic E-state index is 0.681. The van der Waals surface area contributed by atoms with Crippen LogP contribution in [-0.4, -0.2) is 12.1 Å². The molecule has 0 aliphatic rings. The normalized spacial score (nSPS) is 10.5. The highest BCUT2D eigenvalue weighted by molar-refractivity contribution is 7.79. The first-order valence-corrected chi connectivity index (χ1v) is 7.02. The van der Waals surface area contributed by atoms with Crippen LogP contribution in [0.2, 0.25) is 0 Å². The maximum Gasteiger partial charge on any atom is 0.128 e. The van der Waals surface area contributed by atoms with E-state index in [2.05, 4.69) is 42.0 Å². The van der Waals surface area contributed by atoms with Crippen LogP contribution in [-0.2, 0) is 12.2 Å². The van der Waals surface area contributed by atoms with Crippen LogP contribution in [0.4, 0.5) is 0 Å². The topological polar surface area (TPSA) is 22.1 Å². The third-order valence-electron chi connectivity index (χ3n) is 2.64. The Morgan fingerprint density at radius 2 is 2.24 bits per heavy atom. The number of thiazole rings is 1. The molecule has 0 saturated carbocycles. The zero-order chi connectivity index (χ0) is 12.3. The molecule has 0 bridgehead atoms. The van der Waals surface area contributed by atoms with Crippen molar-refractivity contribution >= 4 is 24.0 Å². The van der Waals surface area contributed by atoms with E-state index in [1.165, 1.54) is 5.56 Å². The number of nitrogens with zero attached hydrogens (tertiary/aromatic N) is 1. The molecule has 2 rings (SSSR count). The van der Waals surface area contributed by atoms with Crippen LogP contribution in [0, 0.1) is 0 Å². The molecule has 0 aliphatic heterocycles. The van der Waals surface area contributed by atoms with E-state index in [-0.39, 0.29) is 0 Å². The smallest absolute Gasteiger partial charge is 0.128 e. The Morgan fingerprint density at radius 3 is 2.82 bits per heavy atom. The van der Waals surface area contributed by atoms with Gasteiger partial charge in [-0.1, -0.05) is 13.0 Å². The minimum absolute atomic E-state index is 0.681. The van der Waals surface area contributed by atoms with Crippen molar-refractivity contribution in [3.8, 4) is 17.0 Å². The highest BCUT2D eigenvalue weighted by Crippen LogP contribution is 2.32. The maximum atomic E-state index is 5.39. The average molecular weight is 265 g/mol. The fourth-order valence-corrected chi connectivity index (χ4v) is 2.63. The first-order chi connectivity index (χ1) is 8.28. The van der Waals surface area contributed by atoms with Crippen molar-refractivity contribution in [1.82, 2.24) is 4.98 Å². The van der Waals surface area contributed by atoms with E-state index in [1.54, 1.807) is 18.4 Å². The Balaban J connectivity index is 2.47. The predicted octanol–water partition coefficient (Wildman–Crippen LogP) is 3.81. The summed E-state index contributed by atoms with van der Waals surface area (Å²) in [6.07, 6.45) is 1.01. The van der Waals surface area contributed by atoms with Gasteiger partial charge < -0.3 is 4.74 Å². The Bertz CT molecular complexity index is 508. The molecule has 2 nitrogen and oxygen atoms in total. The molecule has 1 aromatic heterocycles. The number of thiol groups is 1. The fraction of sp³-hybridized carbons (Fsp3) is 0.308. The summed E-state index contributed by atoms with van der Waals surface area (Å²) in [4.78, 5) is 4.55. The van der Waals surface area contributed by atoms with E-state index in [9.17, 15) is 0 Å². The minimum Gasteiger partial charge on any atom is -0.496 e. The van der Waals surface area contributed by atoms with Gasteiger partial charge in [-0.05, 0) is 24.1 Å². The second-order valence-electron chi connectivity index (χ2n) is 3.67. The van der Waals surface area contributed by atoms with Crippen molar-refractivity contribution in [2.75, 3.05) is 7.11 Å². The first kappa shape index (κ1) is 12.5. The van der Waals surface area contributed by atoms with Crippen molar-refractivity contribution in [2.45, 2.75) is 19.1 Å². The number of rotatable bonds is 4. The van der Waals surface area contributed by atoms with Crippen molar-refractivity contribution < 1.29 is 4.74 Å². The molecule has 0 atom stereocenters. The second-order valence-corrected chi connectivity index (χ2v) is 4.93. The Labute approximate surface area is 111 Å². The Hall–Kier alpha value is -1.00. The lowest BCUT2D eigenvalue weighted by molar-refractivity contribution is 0.416. The van der Waals surface area contributed by atoms with Gasteiger partial charge in [0.1, 0.15) is 10.8 Å². The molecule has 0 saturated heterocycles. The lowest BCUT2D eigenvalue weighted by Crippen LogP contribution is -1.91. The van der Waals surface area contributed by atoms with E-state index < -0.39 is 0 Å². The molecule has 1 heterocycles. The number of methoxy groups -OCH3 is 1. The molecule has 0 amide bonds. The zero-order valence-corrected chi connectivity index (χ0v) is 11.6. The number of ether oxygens (including phenoxy) is 1. The molecular formula is C13H15NOS2. The summed E-state index contributed by atoms with van der Waals surface area (Å²) in [5.41, 5.74) is 3.34. The van der Waals surface area contributed by atoms with Gasteiger partial charge in [0, 0.05) is 16.7 Å². The number of hydrogen-bond donors (Lipinski definition) is 1. The van der Waals surface area contributed by atoms with Crippen LogP contribution in [0.1, 0.15) is 17.5 Å². The molecule has 0 aliphatic carbocycles. The number of aromatic nitrogens is 1. The van der Waals surface area contributed by atoms with Crippen LogP contribution in [0.5, 0.6) is 5.75 Å². The summed E-state index contributed by atoms with van der Waals surface area (Å²) in [5, 5.41) is 3.09. The van der Waals surface area contributed by atoms with Gasteiger partial charge in [-0.3, -0.25) is 0 Å². The van der Waals surface area contributed by atoms with Crippen molar-refractivity contribution in [1.29, 1.82) is 0 Å². The maximum absolute atomic E-state index is 5.39. The van der Waals surface area contributed by atoms with Gasteiger partial charge in [0.2, 0.25) is 0 Å². The zero-order valence-electron chi connectivity index (χ0n) is 9.93. The molecular weight excluding hydrogens is 250 g/mol. The average Bonchev–Trinajstić information content (AvgIpc) is 2.86. The van der Waals surface area contributed by atoms with Crippen LogP contribution in [0.3, 0.4) is 0 Å². The van der Waals surface area contributed by atoms with Gasteiger partial charge in [-0.15, -0.1) is 11.3 Å². The summed E-state index contributed by atoms with van der Waals surface area (Å²) in [6.45, 7) is 2.14. The summed E-state index contributed by atoms with van der Waals surface area (Å²) >= 11 is 5.87. The summed E-state index contributed by atoms with van der Waals surface area (Å²) in [6, 6.07) is 6.25. The van der Waals surface area contributed by atoms with Crippen LogP contribution in [0.25, 0.3) is 11.3 Å². The third-order valence-corrected chi connectivity index (χ3v) is 4.00. The van der Waals surface area contributed by atoms with E-state index >= 15 is 0 Å². The van der Waals surface area contributed by atoms with Gasteiger partial charge in [0.05, 0.1) is 12.8 Å². The first-order valence-electron chi connectivity index (χ1n) is 5.51. The Kier molecular flexibility index (Phi) is 4.07. The van der Waals surface area contributed by atoms with Crippen molar-refractivity contribution in [3.05, 3.63) is 34.2 Å². The predicted molar refractivity (Wildman–Crippen MR) is 76.2 cm³/mol.